The summed E-state index contributed by atoms with van der Waals surface area (Å²) in [5, 5.41) is 1.11. The SMILES string of the molecule is Cc1[nH]c2ccccc2c1C1c2ccccc2C(=O)N1CC(=O)N1CCCCCC1. The number of hydrogen-bond acceptors (Lipinski definition) is 2. The first-order chi connectivity index (χ1) is 14.6. The minimum absolute atomic E-state index is 0.0524. The summed E-state index contributed by atoms with van der Waals surface area (Å²) < 4.78 is 0. The largest absolute Gasteiger partial charge is 0.358 e. The summed E-state index contributed by atoms with van der Waals surface area (Å²) in [4.78, 5) is 33.8. The predicted octanol–water partition coefficient (Wildman–Crippen LogP) is 4.42. The summed E-state index contributed by atoms with van der Waals surface area (Å²) in [5.74, 6) is 0.00371. The normalized spacial score (nSPS) is 19.2. The van der Waals surface area contributed by atoms with E-state index in [0.29, 0.717) is 5.56 Å². The lowest BCUT2D eigenvalue weighted by Crippen LogP contribution is -2.42. The van der Waals surface area contributed by atoms with Gasteiger partial charge in [0, 0.05) is 40.8 Å². The van der Waals surface area contributed by atoms with Gasteiger partial charge in [-0.2, -0.15) is 0 Å². The van der Waals surface area contributed by atoms with Crippen molar-refractivity contribution in [1.29, 1.82) is 0 Å². The average Bonchev–Trinajstić information content (AvgIpc) is 3.06. The highest BCUT2D eigenvalue weighted by Gasteiger charge is 2.40. The Morgan fingerprint density at radius 1 is 1.00 bits per heavy atom. The summed E-state index contributed by atoms with van der Waals surface area (Å²) >= 11 is 0. The van der Waals surface area contributed by atoms with Gasteiger partial charge >= 0.3 is 0 Å². The van der Waals surface area contributed by atoms with Gasteiger partial charge in [-0.25, -0.2) is 0 Å². The van der Waals surface area contributed by atoms with E-state index in [1.807, 2.05) is 41.3 Å². The number of amides is 2. The molecule has 1 N–H and O–H groups in total. The second-order valence-corrected chi connectivity index (χ2v) is 8.43. The highest BCUT2D eigenvalue weighted by atomic mass is 16.2. The van der Waals surface area contributed by atoms with Crippen LogP contribution in [0.2, 0.25) is 0 Å². The lowest BCUT2D eigenvalue weighted by molar-refractivity contribution is -0.132. The standard InChI is InChI=1S/C25H27N3O2/c1-17-23(20-12-6-7-13-21(20)26-17)24-18-10-4-5-11-19(18)25(30)28(24)16-22(29)27-14-8-2-3-9-15-27/h4-7,10-13,24,26H,2-3,8-9,14-16H2,1H3. The number of aryl methyl sites for hydroxylation is 1. The van der Waals surface area contributed by atoms with E-state index in [0.717, 1.165) is 53.7 Å². The molecule has 1 unspecified atom stereocenters. The molecule has 1 aromatic heterocycles. The first kappa shape index (κ1) is 18.9. The van der Waals surface area contributed by atoms with Crippen LogP contribution in [0.3, 0.4) is 0 Å². The molecule has 0 radical (unpaired) electrons. The molecule has 0 saturated carbocycles. The summed E-state index contributed by atoms with van der Waals surface area (Å²) in [7, 11) is 0. The number of H-pyrrole nitrogens is 1. The Morgan fingerprint density at radius 3 is 2.50 bits per heavy atom. The van der Waals surface area contributed by atoms with Crippen LogP contribution in [-0.4, -0.2) is 46.2 Å². The number of nitrogens with one attached hydrogen (secondary N) is 1. The Balaban J connectivity index is 1.56. The Morgan fingerprint density at radius 2 is 1.70 bits per heavy atom. The Kier molecular flexibility index (Phi) is 4.81. The zero-order valence-corrected chi connectivity index (χ0v) is 17.4. The molecular formula is C25H27N3O2. The van der Waals surface area contributed by atoms with Gasteiger partial charge in [0.05, 0.1) is 6.04 Å². The molecule has 1 fully saturated rings. The van der Waals surface area contributed by atoms with Crippen molar-refractivity contribution in [3.8, 4) is 0 Å². The number of likely N-dealkylation sites (tertiary alicyclic amines) is 1. The topological polar surface area (TPSA) is 56.4 Å². The molecule has 0 spiro atoms. The first-order valence-corrected chi connectivity index (χ1v) is 10.9. The number of nitrogens with zero attached hydrogens (tertiary/aromatic N) is 2. The molecule has 3 aromatic rings. The molecular weight excluding hydrogens is 374 g/mol. The van der Waals surface area contributed by atoms with Crippen molar-refractivity contribution in [3.63, 3.8) is 0 Å². The maximum atomic E-state index is 13.4. The smallest absolute Gasteiger partial charge is 0.255 e. The summed E-state index contributed by atoms with van der Waals surface area (Å²) in [6.45, 7) is 3.77. The number of rotatable bonds is 3. The van der Waals surface area contributed by atoms with Gasteiger partial charge in [0.2, 0.25) is 5.91 Å². The quantitative estimate of drug-likeness (QED) is 0.706. The number of aromatic amines is 1. The number of aromatic nitrogens is 1. The first-order valence-electron chi connectivity index (χ1n) is 10.9. The van der Waals surface area contributed by atoms with Crippen LogP contribution in [0.4, 0.5) is 0 Å². The van der Waals surface area contributed by atoms with Crippen molar-refractivity contribution in [3.05, 3.63) is 70.9 Å². The van der Waals surface area contributed by atoms with Crippen LogP contribution in [-0.2, 0) is 4.79 Å². The molecule has 5 rings (SSSR count). The van der Waals surface area contributed by atoms with E-state index in [1.54, 1.807) is 4.90 Å². The Hall–Kier alpha value is -3.08. The van der Waals surface area contributed by atoms with Crippen molar-refractivity contribution in [2.75, 3.05) is 19.6 Å². The number of benzene rings is 2. The highest BCUT2D eigenvalue weighted by Crippen LogP contribution is 2.42. The van der Waals surface area contributed by atoms with Crippen LogP contribution in [0.1, 0.15) is 58.9 Å². The highest BCUT2D eigenvalue weighted by molar-refractivity contribution is 6.02. The molecule has 5 heteroatoms. The number of para-hydroxylation sites is 1. The molecule has 5 nitrogen and oxygen atoms in total. The van der Waals surface area contributed by atoms with Crippen LogP contribution < -0.4 is 0 Å². The van der Waals surface area contributed by atoms with Gasteiger partial charge < -0.3 is 14.8 Å². The third kappa shape index (κ3) is 3.09. The zero-order valence-electron chi connectivity index (χ0n) is 17.4. The molecule has 1 saturated heterocycles. The third-order valence-corrected chi connectivity index (χ3v) is 6.54. The molecule has 0 aliphatic carbocycles. The number of hydrogen-bond donors (Lipinski definition) is 1. The summed E-state index contributed by atoms with van der Waals surface area (Å²) in [6, 6.07) is 15.7. The number of carbonyl (C=O) groups is 2. The average molecular weight is 402 g/mol. The van der Waals surface area contributed by atoms with E-state index in [-0.39, 0.29) is 24.4 Å². The van der Waals surface area contributed by atoms with Crippen LogP contribution in [0.5, 0.6) is 0 Å². The summed E-state index contributed by atoms with van der Waals surface area (Å²) in [6.07, 6.45) is 4.44. The van der Waals surface area contributed by atoms with Gasteiger partial charge in [-0.05, 0) is 37.5 Å². The van der Waals surface area contributed by atoms with Gasteiger partial charge in [0.15, 0.2) is 0 Å². The molecule has 2 aromatic carbocycles. The second kappa shape index (κ2) is 7.63. The monoisotopic (exact) mass is 401 g/mol. The molecule has 3 heterocycles. The fourth-order valence-electron chi connectivity index (χ4n) is 5.06. The van der Waals surface area contributed by atoms with Crippen molar-refractivity contribution >= 4 is 22.7 Å². The predicted molar refractivity (Wildman–Crippen MR) is 117 cm³/mol. The lowest BCUT2D eigenvalue weighted by Gasteiger charge is -2.29. The number of fused-ring (bicyclic) bond motifs is 2. The van der Waals surface area contributed by atoms with E-state index in [9.17, 15) is 9.59 Å². The van der Waals surface area contributed by atoms with E-state index < -0.39 is 0 Å². The van der Waals surface area contributed by atoms with Crippen LogP contribution in [0, 0.1) is 6.92 Å². The molecule has 1 atom stereocenters. The maximum Gasteiger partial charge on any atom is 0.255 e. The van der Waals surface area contributed by atoms with Crippen LogP contribution in [0.15, 0.2) is 48.5 Å². The van der Waals surface area contributed by atoms with E-state index in [4.69, 9.17) is 0 Å². The van der Waals surface area contributed by atoms with Gasteiger partial charge in [0.25, 0.3) is 5.91 Å². The van der Waals surface area contributed by atoms with Crippen molar-refractivity contribution in [1.82, 2.24) is 14.8 Å². The molecule has 2 amide bonds. The van der Waals surface area contributed by atoms with Crippen molar-refractivity contribution < 1.29 is 9.59 Å². The van der Waals surface area contributed by atoms with E-state index in [2.05, 4.69) is 24.0 Å². The van der Waals surface area contributed by atoms with E-state index >= 15 is 0 Å². The van der Waals surface area contributed by atoms with Crippen LogP contribution in [0.25, 0.3) is 10.9 Å². The lowest BCUT2D eigenvalue weighted by atomic mass is 9.95. The Bertz CT molecular complexity index is 1110. The number of carbonyl (C=O) groups excluding carboxylic acids is 2. The van der Waals surface area contributed by atoms with Crippen molar-refractivity contribution in [2.45, 2.75) is 38.6 Å². The fraction of sp³-hybridized carbons (Fsp3) is 0.360. The molecule has 154 valence electrons. The van der Waals surface area contributed by atoms with Crippen molar-refractivity contribution in [2.24, 2.45) is 0 Å². The van der Waals surface area contributed by atoms with E-state index in [1.165, 1.54) is 12.8 Å². The molecule has 0 bridgehead atoms. The molecule has 30 heavy (non-hydrogen) atoms. The van der Waals surface area contributed by atoms with Gasteiger partial charge in [-0.3, -0.25) is 9.59 Å². The van der Waals surface area contributed by atoms with Crippen LogP contribution >= 0.6 is 0 Å². The van der Waals surface area contributed by atoms with Gasteiger partial charge in [-0.1, -0.05) is 49.2 Å². The summed E-state index contributed by atoms with van der Waals surface area (Å²) in [5.41, 5.74) is 4.88. The van der Waals surface area contributed by atoms with Gasteiger partial charge in [-0.15, -0.1) is 0 Å². The maximum absolute atomic E-state index is 13.4. The minimum Gasteiger partial charge on any atom is -0.358 e. The second-order valence-electron chi connectivity index (χ2n) is 8.43. The Labute approximate surface area is 176 Å². The third-order valence-electron chi connectivity index (χ3n) is 6.54. The zero-order chi connectivity index (χ0) is 20.7. The van der Waals surface area contributed by atoms with Gasteiger partial charge in [0.1, 0.15) is 6.54 Å². The molecule has 2 aliphatic heterocycles. The molecule has 2 aliphatic rings. The fourth-order valence-corrected chi connectivity index (χ4v) is 5.06. The minimum atomic E-state index is -0.249.